The van der Waals surface area contributed by atoms with Crippen LogP contribution in [-0.4, -0.2) is 44.0 Å². The van der Waals surface area contributed by atoms with Crippen molar-refractivity contribution in [1.29, 1.82) is 0 Å². The first-order valence-electron chi connectivity index (χ1n) is 12.3. The number of rotatable bonds is 8. The molecule has 36 heavy (non-hydrogen) atoms. The fourth-order valence-electron chi connectivity index (χ4n) is 4.73. The molecule has 0 amide bonds. The summed E-state index contributed by atoms with van der Waals surface area (Å²) in [4.78, 5) is 37.8. The Morgan fingerprint density at radius 2 is 1.72 bits per heavy atom. The zero-order chi connectivity index (χ0) is 25.1. The Kier molecular flexibility index (Phi) is 6.81. The number of benzene rings is 2. The molecule has 1 fully saturated rings. The van der Waals surface area contributed by atoms with Gasteiger partial charge in [0.2, 0.25) is 11.9 Å². The van der Waals surface area contributed by atoms with Crippen molar-refractivity contribution in [2.75, 3.05) is 23.3 Å². The average molecular weight is 486 g/mol. The Bertz CT molecular complexity index is 1410. The molecule has 0 saturated carbocycles. The van der Waals surface area contributed by atoms with Crippen molar-refractivity contribution >= 4 is 28.8 Å². The van der Waals surface area contributed by atoms with Gasteiger partial charge in [0.05, 0.1) is 13.1 Å². The van der Waals surface area contributed by atoms with E-state index in [-0.39, 0.29) is 23.9 Å². The minimum absolute atomic E-state index is 0.0502. The van der Waals surface area contributed by atoms with Gasteiger partial charge in [0.1, 0.15) is 5.78 Å². The van der Waals surface area contributed by atoms with Crippen LogP contribution in [0.1, 0.15) is 30.9 Å². The number of nitrogens with two attached hydrogens (primary N) is 1. The van der Waals surface area contributed by atoms with Crippen LogP contribution < -0.4 is 21.5 Å². The van der Waals surface area contributed by atoms with Crippen LogP contribution in [0.15, 0.2) is 65.5 Å². The van der Waals surface area contributed by atoms with Gasteiger partial charge in [-0.3, -0.25) is 18.7 Å². The Morgan fingerprint density at radius 1 is 1.03 bits per heavy atom. The second-order valence-electron chi connectivity index (χ2n) is 9.37. The normalized spacial score (nSPS) is 15.8. The second kappa shape index (κ2) is 10.3. The molecule has 2 aromatic heterocycles. The van der Waals surface area contributed by atoms with Crippen molar-refractivity contribution in [3.8, 4) is 0 Å². The van der Waals surface area contributed by atoms with Gasteiger partial charge in [-0.2, -0.15) is 9.97 Å². The summed E-state index contributed by atoms with van der Waals surface area (Å²) in [5.41, 5.74) is 8.82. The van der Waals surface area contributed by atoms with Crippen molar-refractivity contribution < 1.29 is 4.79 Å². The summed E-state index contributed by atoms with van der Waals surface area (Å²) in [6.07, 6.45) is 1.92. The molecule has 0 radical (unpaired) electrons. The van der Waals surface area contributed by atoms with Crippen molar-refractivity contribution in [2.24, 2.45) is 5.73 Å². The number of fused-ring (bicyclic) bond motifs is 1. The molecule has 1 unspecified atom stereocenters. The molecule has 0 aliphatic carbocycles. The largest absolute Gasteiger partial charge is 0.351 e. The summed E-state index contributed by atoms with van der Waals surface area (Å²) in [6, 6.07) is 19.9. The molecular formula is C27H31N7O2. The third-order valence-electron chi connectivity index (χ3n) is 6.44. The maximum Gasteiger partial charge on any atom is 0.281 e. The molecule has 2 aromatic carbocycles. The van der Waals surface area contributed by atoms with Crippen molar-refractivity contribution in [1.82, 2.24) is 19.1 Å². The third-order valence-corrected chi connectivity index (χ3v) is 6.44. The lowest BCUT2D eigenvalue weighted by Gasteiger charge is -2.31. The van der Waals surface area contributed by atoms with Gasteiger partial charge in [0.15, 0.2) is 11.2 Å². The Labute approximate surface area is 209 Å². The first-order chi connectivity index (χ1) is 17.5. The Hall–Kier alpha value is -3.98. The van der Waals surface area contributed by atoms with Crippen LogP contribution in [0.2, 0.25) is 0 Å². The van der Waals surface area contributed by atoms with E-state index >= 15 is 0 Å². The van der Waals surface area contributed by atoms with E-state index in [1.807, 2.05) is 65.2 Å². The van der Waals surface area contributed by atoms with Crippen LogP contribution >= 0.6 is 0 Å². The van der Waals surface area contributed by atoms with Crippen LogP contribution in [0, 0.1) is 0 Å². The monoisotopic (exact) mass is 485 g/mol. The number of imidazole rings is 1. The van der Waals surface area contributed by atoms with Gasteiger partial charge in [-0.05, 0) is 30.9 Å². The van der Waals surface area contributed by atoms with Gasteiger partial charge in [0, 0.05) is 25.7 Å². The molecule has 0 bridgehead atoms. The third kappa shape index (κ3) is 5.01. The zero-order valence-corrected chi connectivity index (χ0v) is 20.4. The van der Waals surface area contributed by atoms with E-state index in [0.717, 1.165) is 30.5 Å². The van der Waals surface area contributed by atoms with E-state index in [4.69, 9.17) is 15.7 Å². The van der Waals surface area contributed by atoms with E-state index in [1.54, 1.807) is 0 Å². The molecule has 3 N–H and O–H groups in total. The molecule has 1 aliphatic heterocycles. The van der Waals surface area contributed by atoms with Crippen LogP contribution in [-0.2, 0) is 24.4 Å². The zero-order valence-electron chi connectivity index (χ0n) is 20.4. The SMILES string of the molecule is CC(=O)Cn1c(NCc2ccccc2)nc2nc(N3CCCC(N)C3)n(Cc3ccccc3)c2c1=O. The van der Waals surface area contributed by atoms with E-state index < -0.39 is 0 Å². The number of nitrogens with zero attached hydrogens (tertiary/aromatic N) is 5. The lowest BCUT2D eigenvalue weighted by Crippen LogP contribution is -2.44. The minimum Gasteiger partial charge on any atom is -0.351 e. The number of Topliss-reactive ketones (excluding diaryl/α,β-unsaturated/α-hetero) is 1. The number of hydrogen-bond donors (Lipinski definition) is 2. The van der Waals surface area contributed by atoms with Crippen molar-refractivity contribution in [3.63, 3.8) is 0 Å². The van der Waals surface area contributed by atoms with E-state index in [9.17, 15) is 9.59 Å². The fraction of sp³-hybridized carbons (Fsp3) is 0.333. The summed E-state index contributed by atoms with van der Waals surface area (Å²) in [7, 11) is 0. The highest BCUT2D eigenvalue weighted by Crippen LogP contribution is 2.25. The summed E-state index contributed by atoms with van der Waals surface area (Å²) >= 11 is 0. The molecular weight excluding hydrogens is 454 g/mol. The van der Waals surface area contributed by atoms with Gasteiger partial charge in [-0.25, -0.2) is 0 Å². The van der Waals surface area contributed by atoms with Crippen LogP contribution in [0.4, 0.5) is 11.9 Å². The maximum absolute atomic E-state index is 13.9. The quantitative estimate of drug-likeness (QED) is 0.395. The van der Waals surface area contributed by atoms with Crippen molar-refractivity contribution in [3.05, 3.63) is 82.1 Å². The molecule has 1 aliphatic rings. The number of carbonyl (C=O) groups is 1. The van der Waals surface area contributed by atoms with Gasteiger partial charge in [-0.15, -0.1) is 0 Å². The highest BCUT2D eigenvalue weighted by Gasteiger charge is 2.26. The van der Waals surface area contributed by atoms with E-state index in [2.05, 4.69) is 10.2 Å². The molecule has 9 nitrogen and oxygen atoms in total. The number of carbonyl (C=O) groups excluding carboxylic acids is 1. The highest BCUT2D eigenvalue weighted by molar-refractivity contribution is 5.79. The molecule has 0 spiro atoms. The number of nitrogens with one attached hydrogen (secondary N) is 1. The number of ketones is 1. The van der Waals surface area contributed by atoms with E-state index in [1.165, 1.54) is 11.5 Å². The minimum atomic E-state index is -0.290. The summed E-state index contributed by atoms with van der Waals surface area (Å²) in [5, 5.41) is 3.25. The summed E-state index contributed by atoms with van der Waals surface area (Å²) in [5.74, 6) is 0.887. The summed E-state index contributed by atoms with van der Waals surface area (Å²) in [6.45, 7) is 3.81. The van der Waals surface area contributed by atoms with E-state index in [0.29, 0.717) is 42.7 Å². The maximum atomic E-state index is 13.9. The predicted molar refractivity (Wildman–Crippen MR) is 141 cm³/mol. The van der Waals surface area contributed by atoms with Gasteiger partial charge >= 0.3 is 0 Å². The number of aromatic nitrogens is 4. The number of anilines is 2. The molecule has 1 atom stereocenters. The standard InChI is InChI=1S/C27H31N7O2/c1-19(35)16-34-25(36)23-24(30-26(34)29-15-20-9-4-2-5-10-20)31-27(32-14-8-13-22(28)18-32)33(23)17-21-11-6-3-7-12-21/h2-7,9-12,22H,8,13-18,28H2,1H3,(H,29,30). The first kappa shape index (κ1) is 23.7. The predicted octanol–water partition coefficient (Wildman–Crippen LogP) is 2.77. The average Bonchev–Trinajstić information content (AvgIpc) is 3.24. The molecule has 5 rings (SSSR count). The lowest BCUT2D eigenvalue weighted by atomic mass is 10.1. The number of piperidine rings is 1. The fourth-order valence-corrected chi connectivity index (χ4v) is 4.73. The Balaban J connectivity index is 1.64. The molecule has 4 aromatic rings. The topological polar surface area (TPSA) is 111 Å². The molecule has 1 saturated heterocycles. The smallest absolute Gasteiger partial charge is 0.281 e. The van der Waals surface area contributed by atoms with Crippen LogP contribution in [0.5, 0.6) is 0 Å². The van der Waals surface area contributed by atoms with Crippen molar-refractivity contribution in [2.45, 2.75) is 45.4 Å². The van der Waals surface area contributed by atoms with Crippen LogP contribution in [0.3, 0.4) is 0 Å². The molecule has 186 valence electrons. The van der Waals surface area contributed by atoms with Gasteiger partial charge in [-0.1, -0.05) is 60.7 Å². The lowest BCUT2D eigenvalue weighted by molar-refractivity contribution is -0.117. The van der Waals surface area contributed by atoms with Gasteiger partial charge in [0.25, 0.3) is 5.56 Å². The number of hydrogen-bond acceptors (Lipinski definition) is 7. The Morgan fingerprint density at radius 3 is 2.39 bits per heavy atom. The summed E-state index contributed by atoms with van der Waals surface area (Å²) < 4.78 is 3.35. The van der Waals surface area contributed by atoms with Gasteiger partial charge < -0.3 is 16.0 Å². The molecule has 3 heterocycles. The van der Waals surface area contributed by atoms with Crippen LogP contribution in [0.25, 0.3) is 11.2 Å². The molecule has 9 heteroatoms. The second-order valence-corrected chi connectivity index (χ2v) is 9.37. The highest BCUT2D eigenvalue weighted by atomic mass is 16.1. The first-order valence-corrected chi connectivity index (χ1v) is 12.3.